The van der Waals surface area contributed by atoms with Crippen LogP contribution in [0, 0.1) is 26.6 Å². The number of alkyl halides is 18. The fourth-order valence-corrected chi connectivity index (χ4v) is 12.8. The first kappa shape index (κ1) is 81.3. The zero-order valence-corrected chi connectivity index (χ0v) is 60.5. The van der Waals surface area contributed by atoms with Crippen molar-refractivity contribution in [3.05, 3.63) is 201 Å². The molecular formula is C76H68BrClF19N7. The smallest absolute Gasteiger partial charge is 0.257 e. The molecule has 104 heavy (non-hydrogen) atoms. The van der Waals surface area contributed by atoms with Crippen LogP contribution in [0.5, 0.6) is 0 Å². The molecule has 0 saturated carbocycles. The van der Waals surface area contributed by atoms with Gasteiger partial charge in [0, 0.05) is 106 Å². The van der Waals surface area contributed by atoms with Gasteiger partial charge in [0.1, 0.15) is 5.82 Å². The van der Waals surface area contributed by atoms with Gasteiger partial charge in [-0.2, -0.15) is 79.0 Å². The van der Waals surface area contributed by atoms with Gasteiger partial charge in [0.15, 0.2) is 0 Å². The largest absolute Gasteiger partial charge is 0.419 e. The molecule has 0 amide bonds. The number of rotatable bonds is 0. The predicted octanol–water partition coefficient (Wildman–Crippen LogP) is 26.2. The number of aliphatic imine (C=N–C) groups is 7. The second kappa shape index (κ2) is 30.6. The van der Waals surface area contributed by atoms with Crippen LogP contribution in [0.15, 0.2) is 130 Å². The number of hydrogen-bond acceptors (Lipinski definition) is 7. The molecule has 7 nitrogen and oxygen atoms in total. The van der Waals surface area contributed by atoms with Gasteiger partial charge in [-0.15, -0.1) is 0 Å². The van der Waals surface area contributed by atoms with Crippen molar-refractivity contribution in [2.75, 3.05) is 0 Å². The van der Waals surface area contributed by atoms with Crippen LogP contribution in [-0.2, 0) is 87.4 Å². The average molecular weight is 1560 g/mol. The van der Waals surface area contributed by atoms with E-state index >= 15 is 0 Å². The van der Waals surface area contributed by atoms with Gasteiger partial charge in [-0.3, -0.25) is 34.9 Å². The summed E-state index contributed by atoms with van der Waals surface area (Å²) in [6.07, 6.45) is -23.5. The third-order valence-electron chi connectivity index (χ3n) is 17.1. The van der Waals surface area contributed by atoms with Gasteiger partial charge in [-0.25, -0.2) is 4.39 Å². The maximum absolute atomic E-state index is 13.1. The van der Waals surface area contributed by atoms with Crippen LogP contribution in [0.3, 0.4) is 0 Å². The van der Waals surface area contributed by atoms with Gasteiger partial charge in [0.25, 0.3) is 0 Å². The molecule has 0 fully saturated rings. The zero-order chi connectivity index (χ0) is 77.6. The Bertz CT molecular complexity index is 4740. The fourth-order valence-electron chi connectivity index (χ4n) is 12.0. The minimum atomic E-state index is -4.82. The summed E-state index contributed by atoms with van der Waals surface area (Å²) in [5.41, 5.74) is 13.7. The molecule has 0 spiro atoms. The number of aryl methyl sites for hydroxylation is 1. The monoisotopic (exact) mass is 1550 g/mol. The molecule has 7 aromatic rings. The molecule has 0 bridgehead atoms. The molecule has 0 N–H and O–H groups in total. The number of nitrogens with zero attached hydrogens (tertiary/aromatic N) is 7. The Morgan fingerprint density at radius 3 is 1.25 bits per heavy atom. The lowest BCUT2D eigenvalue weighted by Gasteiger charge is -2.19. The molecule has 0 aromatic heterocycles. The standard InChI is InChI=1S/C13H17N.C11H12BrN.C11H7F6N.C11H10F3N.C10H7ClF3N.C10H7F4N.C10H8F3N/c1-9-7-10-8-11(13(2,3)4)5-6-12(10)14-9;1-6-4-9-7(2)8(3)10(12)5-11(9)13-6;1-5-2-7-8(11(15,16)17)3-6(10(12,13)14)4-9(7)18-5;1-6-3-9(11(12,13)14)5-8-4-7(2)15-10(6)8;1-5-2-7-8(11)3-6(10(12,13)14)4-9(7)15-5;1-5-2-6-3-7(10(12,13)14)8(11)4-9(6)15-5;1-6-5-7-8(10(11,12)13)3-2-4-9(7)14-6/h5-6,8H,7H2,1-4H3;5H,4H2,1-3H3;3-4H,2H2,1H3;3,5H,4H2,1-2H3;2*3-4H,2H2,1H3;2-4H,5H2,1H3. The highest BCUT2D eigenvalue weighted by atomic mass is 79.9. The summed E-state index contributed by atoms with van der Waals surface area (Å²) < 4.78 is 239. The lowest BCUT2D eigenvalue weighted by atomic mass is 9.86. The molecular weight excluding hydrogens is 1490 g/mol. The summed E-state index contributed by atoms with van der Waals surface area (Å²) in [5, 5.41) is 0.139. The van der Waals surface area contributed by atoms with E-state index < -0.39 is 76.3 Å². The van der Waals surface area contributed by atoms with Crippen molar-refractivity contribution in [1.29, 1.82) is 0 Å². The third kappa shape index (κ3) is 20.0. The first-order valence-electron chi connectivity index (χ1n) is 32.0. The summed E-state index contributed by atoms with van der Waals surface area (Å²) in [5.74, 6) is -1.26. The number of fused-ring (bicyclic) bond motifs is 7. The maximum Gasteiger partial charge on any atom is 0.419 e. The highest BCUT2D eigenvalue weighted by molar-refractivity contribution is 9.10. The maximum atomic E-state index is 13.1. The van der Waals surface area contributed by atoms with E-state index in [9.17, 15) is 83.4 Å². The summed E-state index contributed by atoms with van der Waals surface area (Å²) >= 11 is 9.32. The highest BCUT2D eigenvalue weighted by Gasteiger charge is 2.42. The predicted molar refractivity (Wildman–Crippen MR) is 376 cm³/mol. The topological polar surface area (TPSA) is 86.5 Å². The van der Waals surface area contributed by atoms with Crippen LogP contribution in [-0.4, -0.2) is 40.0 Å². The number of halogens is 21. The summed E-state index contributed by atoms with van der Waals surface area (Å²) in [6, 6.07) is 19.7. The Labute approximate surface area is 601 Å². The van der Waals surface area contributed by atoms with E-state index in [2.05, 4.69) is 124 Å². The minimum absolute atomic E-state index is 0.0671. The number of benzene rings is 7. The van der Waals surface area contributed by atoms with Gasteiger partial charge < -0.3 is 0 Å². The van der Waals surface area contributed by atoms with E-state index in [-0.39, 0.29) is 34.2 Å². The van der Waals surface area contributed by atoms with Crippen molar-refractivity contribution in [2.24, 2.45) is 34.9 Å². The van der Waals surface area contributed by atoms with Crippen LogP contribution in [0.2, 0.25) is 5.02 Å². The zero-order valence-electron chi connectivity index (χ0n) is 58.2. The second-order valence-electron chi connectivity index (χ2n) is 26.9. The van der Waals surface area contributed by atoms with Gasteiger partial charge in [-0.05, 0) is 197 Å². The van der Waals surface area contributed by atoms with Crippen molar-refractivity contribution in [1.82, 2.24) is 0 Å². The lowest BCUT2D eigenvalue weighted by Crippen LogP contribution is -2.13. The van der Waals surface area contributed by atoms with Crippen molar-refractivity contribution in [3.8, 4) is 0 Å². The van der Waals surface area contributed by atoms with Crippen LogP contribution < -0.4 is 0 Å². The van der Waals surface area contributed by atoms with Crippen LogP contribution in [0.4, 0.5) is 123 Å². The second-order valence-corrected chi connectivity index (χ2v) is 28.2. The van der Waals surface area contributed by atoms with Crippen molar-refractivity contribution >= 4 is 107 Å². The van der Waals surface area contributed by atoms with Crippen LogP contribution in [0.1, 0.15) is 164 Å². The normalized spacial score (nSPS) is 15.2. The summed E-state index contributed by atoms with van der Waals surface area (Å²) in [6.45, 7) is 25.4. The highest BCUT2D eigenvalue weighted by Crippen LogP contribution is 2.47. The van der Waals surface area contributed by atoms with Crippen molar-refractivity contribution < 1.29 is 83.4 Å². The van der Waals surface area contributed by atoms with Gasteiger partial charge in [-0.1, -0.05) is 66.5 Å². The first-order valence-corrected chi connectivity index (χ1v) is 33.1. The Morgan fingerprint density at radius 2 is 0.731 bits per heavy atom. The molecule has 0 aliphatic carbocycles. The lowest BCUT2D eigenvalue weighted by molar-refractivity contribution is -0.144. The molecule has 7 aliphatic heterocycles. The molecule has 14 rings (SSSR count). The molecule has 0 unspecified atom stereocenters. The van der Waals surface area contributed by atoms with E-state index in [0.717, 1.165) is 77.7 Å². The van der Waals surface area contributed by atoms with Gasteiger partial charge in [0.2, 0.25) is 0 Å². The Morgan fingerprint density at radius 1 is 0.327 bits per heavy atom. The van der Waals surface area contributed by atoms with E-state index in [1.54, 1.807) is 33.8 Å². The van der Waals surface area contributed by atoms with Crippen LogP contribution >= 0.6 is 27.5 Å². The van der Waals surface area contributed by atoms with E-state index in [4.69, 9.17) is 11.6 Å². The Balaban J connectivity index is 0.000000154. The van der Waals surface area contributed by atoms with E-state index in [1.165, 1.54) is 62.8 Å². The van der Waals surface area contributed by atoms with E-state index in [1.807, 2.05) is 6.92 Å². The Kier molecular flexibility index (Phi) is 24.0. The third-order valence-corrected chi connectivity index (χ3v) is 18.3. The van der Waals surface area contributed by atoms with E-state index in [0.29, 0.717) is 93.7 Å². The molecule has 7 aromatic carbocycles. The molecule has 0 radical (unpaired) electrons. The average Bonchev–Trinajstić information content (AvgIpc) is 1.50. The van der Waals surface area contributed by atoms with Crippen molar-refractivity contribution in [3.63, 3.8) is 0 Å². The molecule has 7 heterocycles. The SMILES string of the molecule is CC1=Nc2c(C)cc(C(F)(F)F)cc2C1.CC1=Nc2cc(Br)c(C)c(C)c2C1.CC1=Nc2cc(C(F)(F)F)cc(C(F)(F)F)c2C1.CC1=Nc2cc(C(F)(F)F)cc(Cl)c2C1.CC1=Nc2cc(F)c(C(F)(F)F)cc2C1.CC1=Nc2ccc(C(C)(C)C)cc2C1.CC1=Nc2cccc(C(F)(F)F)c2C1. The van der Waals surface area contributed by atoms with Gasteiger partial charge >= 0.3 is 37.1 Å². The molecule has 0 saturated heterocycles. The molecule has 7 aliphatic rings. The summed E-state index contributed by atoms with van der Waals surface area (Å²) in [4.78, 5) is 28.9. The molecule has 554 valence electrons. The minimum Gasteiger partial charge on any atom is -0.257 e. The summed E-state index contributed by atoms with van der Waals surface area (Å²) in [7, 11) is 0. The number of hydrogen-bond donors (Lipinski definition) is 0. The van der Waals surface area contributed by atoms with Crippen molar-refractivity contribution in [2.45, 2.75) is 177 Å². The quantitative estimate of drug-likeness (QED) is 0.136. The first-order chi connectivity index (χ1) is 47.8. The molecule has 0 atom stereocenters. The van der Waals surface area contributed by atoms with Gasteiger partial charge in [0.05, 0.1) is 73.2 Å². The fraction of sp³-hybridized carbons (Fsp3) is 0.355. The Hall–Kier alpha value is -8.33. The molecule has 28 heteroatoms. The van der Waals surface area contributed by atoms with Crippen LogP contribution in [0.25, 0.3) is 0 Å².